The summed E-state index contributed by atoms with van der Waals surface area (Å²) in [4.78, 5) is 32.0. The molecule has 1 atom stereocenters. The topological polar surface area (TPSA) is 70.1 Å². The minimum atomic E-state index is -0.0522. The van der Waals surface area contributed by atoms with Crippen LogP contribution in [0.25, 0.3) is 10.9 Å². The Labute approximate surface area is 197 Å². The standard InChI is InChI=1S/C24H30N4O2S2/c29-22(25-17-20(21-11-8-16-32-21)27-13-6-7-14-27)12-2-1-5-15-28-23(30)18-9-3-4-10-19(18)26-24(28)31/h3-4,8-11,16,20H,1-2,5-7,12-15,17H2,(H,25,29)(H,26,31). The van der Waals surface area contributed by atoms with E-state index in [1.165, 1.54) is 17.7 Å². The van der Waals surface area contributed by atoms with E-state index in [2.05, 4.69) is 32.7 Å². The summed E-state index contributed by atoms with van der Waals surface area (Å²) in [5, 5.41) is 5.90. The first-order valence-corrected chi connectivity index (χ1v) is 12.7. The van der Waals surface area contributed by atoms with Crippen molar-refractivity contribution in [2.45, 2.75) is 51.1 Å². The van der Waals surface area contributed by atoms with Gasteiger partial charge in [-0.2, -0.15) is 0 Å². The van der Waals surface area contributed by atoms with E-state index in [1.54, 1.807) is 15.9 Å². The normalized spacial score (nSPS) is 15.2. The first kappa shape index (κ1) is 22.9. The summed E-state index contributed by atoms with van der Waals surface area (Å²) in [6.07, 6.45) is 5.48. The van der Waals surface area contributed by atoms with Gasteiger partial charge in [-0.1, -0.05) is 24.6 Å². The SMILES string of the molecule is O=C(CCCCCn1c(=S)[nH]c2ccccc2c1=O)NCC(c1cccs1)N1CCCC1. The largest absolute Gasteiger partial charge is 0.354 e. The molecule has 32 heavy (non-hydrogen) atoms. The summed E-state index contributed by atoms with van der Waals surface area (Å²) in [6, 6.07) is 11.9. The monoisotopic (exact) mass is 470 g/mol. The Hall–Kier alpha value is -2.29. The van der Waals surface area contributed by atoms with E-state index in [1.807, 2.05) is 24.3 Å². The number of rotatable bonds is 10. The molecule has 1 fully saturated rings. The van der Waals surface area contributed by atoms with Crippen LogP contribution in [0.1, 0.15) is 49.4 Å². The average Bonchev–Trinajstić information content (AvgIpc) is 3.51. The third kappa shape index (κ3) is 5.54. The Balaban J connectivity index is 1.22. The van der Waals surface area contributed by atoms with Crippen molar-refractivity contribution in [2.24, 2.45) is 0 Å². The summed E-state index contributed by atoms with van der Waals surface area (Å²) in [5.74, 6) is 0.103. The van der Waals surface area contributed by atoms with Crippen molar-refractivity contribution in [1.29, 1.82) is 0 Å². The van der Waals surface area contributed by atoms with Gasteiger partial charge in [-0.05, 0) is 74.6 Å². The molecule has 0 saturated carbocycles. The number of unbranched alkanes of at least 4 members (excludes halogenated alkanes) is 2. The van der Waals surface area contributed by atoms with Crippen LogP contribution in [0.15, 0.2) is 46.6 Å². The third-order valence-electron chi connectivity index (χ3n) is 6.12. The van der Waals surface area contributed by atoms with Gasteiger partial charge in [-0.3, -0.25) is 19.1 Å². The first-order chi connectivity index (χ1) is 15.6. The Morgan fingerprint density at radius 1 is 1.12 bits per heavy atom. The lowest BCUT2D eigenvalue weighted by Gasteiger charge is -2.26. The maximum Gasteiger partial charge on any atom is 0.262 e. The van der Waals surface area contributed by atoms with E-state index in [0.717, 1.165) is 37.9 Å². The van der Waals surface area contributed by atoms with Crippen molar-refractivity contribution >= 4 is 40.4 Å². The van der Waals surface area contributed by atoms with Gasteiger partial charge in [-0.25, -0.2) is 0 Å². The third-order valence-corrected chi connectivity index (χ3v) is 7.42. The second-order valence-electron chi connectivity index (χ2n) is 8.32. The van der Waals surface area contributed by atoms with Crippen LogP contribution < -0.4 is 10.9 Å². The number of para-hydroxylation sites is 1. The highest BCUT2D eigenvalue weighted by atomic mass is 32.1. The van der Waals surface area contributed by atoms with Gasteiger partial charge in [0.25, 0.3) is 5.56 Å². The molecule has 1 saturated heterocycles. The van der Waals surface area contributed by atoms with E-state index in [9.17, 15) is 9.59 Å². The molecule has 3 heterocycles. The predicted molar refractivity (Wildman–Crippen MR) is 133 cm³/mol. The van der Waals surface area contributed by atoms with Crippen LogP contribution >= 0.6 is 23.6 Å². The highest BCUT2D eigenvalue weighted by Crippen LogP contribution is 2.27. The molecule has 1 aromatic carbocycles. The van der Waals surface area contributed by atoms with Crippen LogP contribution in [0.2, 0.25) is 0 Å². The minimum Gasteiger partial charge on any atom is -0.354 e. The van der Waals surface area contributed by atoms with E-state index in [0.29, 0.717) is 29.7 Å². The fourth-order valence-corrected chi connectivity index (χ4v) is 5.52. The molecule has 2 aromatic heterocycles. The highest BCUT2D eigenvalue weighted by Gasteiger charge is 2.24. The summed E-state index contributed by atoms with van der Waals surface area (Å²) < 4.78 is 2.08. The number of carbonyl (C=O) groups is 1. The van der Waals surface area contributed by atoms with Crippen LogP contribution in [0, 0.1) is 4.77 Å². The predicted octanol–water partition coefficient (Wildman–Crippen LogP) is 4.63. The Bertz CT molecular complexity index is 1150. The number of nitrogens with one attached hydrogen (secondary N) is 2. The Kier molecular flexibility index (Phi) is 7.89. The van der Waals surface area contributed by atoms with Gasteiger partial charge in [0.05, 0.1) is 16.9 Å². The summed E-state index contributed by atoms with van der Waals surface area (Å²) >= 11 is 7.13. The van der Waals surface area contributed by atoms with E-state index in [4.69, 9.17) is 12.2 Å². The van der Waals surface area contributed by atoms with Crippen molar-refractivity contribution in [3.8, 4) is 0 Å². The van der Waals surface area contributed by atoms with Crippen LogP contribution in [-0.4, -0.2) is 40.0 Å². The molecule has 170 valence electrons. The van der Waals surface area contributed by atoms with Gasteiger partial charge in [0.2, 0.25) is 5.91 Å². The van der Waals surface area contributed by atoms with Crippen LogP contribution in [0.4, 0.5) is 0 Å². The first-order valence-electron chi connectivity index (χ1n) is 11.4. The zero-order chi connectivity index (χ0) is 22.3. The van der Waals surface area contributed by atoms with Gasteiger partial charge >= 0.3 is 0 Å². The Morgan fingerprint density at radius 2 is 1.94 bits per heavy atom. The number of thiophene rings is 1. The molecule has 0 radical (unpaired) electrons. The van der Waals surface area contributed by atoms with Crippen molar-refractivity contribution in [3.05, 3.63) is 61.8 Å². The molecule has 8 heteroatoms. The van der Waals surface area contributed by atoms with Gasteiger partial charge in [0.15, 0.2) is 4.77 Å². The number of amides is 1. The second kappa shape index (κ2) is 11.0. The van der Waals surface area contributed by atoms with Gasteiger partial charge < -0.3 is 10.3 Å². The molecular formula is C24H30N4O2S2. The lowest BCUT2D eigenvalue weighted by molar-refractivity contribution is -0.121. The van der Waals surface area contributed by atoms with Crippen molar-refractivity contribution in [2.75, 3.05) is 19.6 Å². The number of fused-ring (bicyclic) bond motifs is 1. The maximum absolute atomic E-state index is 12.7. The van der Waals surface area contributed by atoms with Gasteiger partial charge in [0, 0.05) is 24.4 Å². The number of aromatic amines is 1. The number of nitrogens with zero attached hydrogens (tertiary/aromatic N) is 2. The quantitative estimate of drug-likeness (QED) is 0.335. The number of likely N-dealkylation sites (tertiary alicyclic amines) is 1. The highest BCUT2D eigenvalue weighted by molar-refractivity contribution is 7.71. The van der Waals surface area contributed by atoms with E-state index in [-0.39, 0.29) is 17.5 Å². The van der Waals surface area contributed by atoms with Gasteiger partial charge in [0.1, 0.15) is 0 Å². The van der Waals surface area contributed by atoms with E-state index < -0.39 is 0 Å². The fraction of sp³-hybridized carbons (Fsp3) is 0.458. The summed E-state index contributed by atoms with van der Waals surface area (Å²) in [6.45, 7) is 3.45. The fourth-order valence-electron chi connectivity index (χ4n) is 4.38. The van der Waals surface area contributed by atoms with Crippen LogP contribution in [0.3, 0.4) is 0 Å². The molecule has 1 amide bonds. The van der Waals surface area contributed by atoms with Crippen molar-refractivity contribution in [3.63, 3.8) is 0 Å². The number of benzene rings is 1. The second-order valence-corrected chi connectivity index (χ2v) is 9.69. The number of carbonyl (C=O) groups excluding carboxylic acids is 1. The zero-order valence-corrected chi connectivity index (χ0v) is 19.9. The van der Waals surface area contributed by atoms with Crippen molar-refractivity contribution in [1.82, 2.24) is 19.8 Å². The van der Waals surface area contributed by atoms with E-state index >= 15 is 0 Å². The van der Waals surface area contributed by atoms with Crippen LogP contribution in [-0.2, 0) is 11.3 Å². The maximum atomic E-state index is 12.7. The molecule has 1 aliphatic rings. The molecule has 0 aliphatic carbocycles. The summed E-state index contributed by atoms with van der Waals surface area (Å²) in [7, 11) is 0. The summed E-state index contributed by atoms with van der Waals surface area (Å²) in [5.41, 5.74) is 0.717. The molecule has 3 aromatic rings. The van der Waals surface area contributed by atoms with Gasteiger partial charge in [-0.15, -0.1) is 11.3 Å². The number of hydrogen-bond acceptors (Lipinski definition) is 5. The molecule has 0 spiro atoms. The molecule has 2 N–H and O–H groups in total. The molecule has 1 aliphatic heterocycles. The lowest BCUT2D eigenvalue weighted by atomic mass is 10.1. The number of H-pyrrole nitrogens is 1. The molecule has 6 nitrogen and oxygen atoms in total. The van der Waals surface area contributed by atoms with Crippen molar-refractivity contribution < 1.29 is 4.79 Å². The molecule has 1 unspecified atom stereocenters. The minimum absolute atomic E-state index is 0.0522. The lowest BCUT2D eigenvalue weighted by Crippen LogP contribution is -2.36. The number of hydrogen-bond donors (Lipinski definition) is 2. The smallest absolute Gasteiger partial charge is 0.262 e. The molecule has 0 bridgehead atoms. The Morgan fingerprint density at radius 3 is 2.72 bits per heavy atom. The number of aromatic nitrogens is 2. The molecular weight excluding hydrogens is 440 g/mol. The van der Waals surface area contributed by atoms with Crippen LogP contribution in [0.5, 0.6) is 0 Å². The molecule has 4 rings (SSSR count). The zero-order valence-electron chi connectivity index (χ0n) is 18.2. The average molecular weight is 471 g/mol.